The summed E-state index contributed by atoms with van der Waals surface area (Å²) >= 11 is 0. The molecule has 0 saturated heterocycles. The highest BCUT2D eigenvalue weighted by atomic mass is 16.4. The van der Waals surface area contributed by atoms with Crippen molar-refractivity contribution in [2.75, 3.05) is 11.4 Å². The van der Waals surface area contributed by atoms with E-state index in [1.54, 1.807) is 25.1 Å². The smallest absolute Gasteiger partial charge is 0.305 e. The molecule has 1 N–H and O–H groups in total. The summed E-state index contributed by atoms with van der Waals surface area (Å²) in [5, 5.41) is 8.62. The van der Waals surface area contributed by atoms with Crippen molar-refractivity contribution in [3.63, 3.8) is 0 Å². The number of para-hydroxylation sites is 1. The van der Waals surface area contributed by atoms with Gasteiger partial charge in [0, 0.05) is 6.54 Å². The van der Waals surface area contributed by atoms with Crippen molar-refractivity contribution in [3.05, 3.63) is 29.3 Å². The largest absolute Gasteiger partial charge is 0.481 e. The summed E-state index contributed by atoms with van der Waals surface area (Å²) in [6.07, 6.45) is -0.174. The number of anilines is 1. The Labute approximate surface area is 97.7 Å². The zero-order chi connectivity index (χ0) is 12.6. The molecule has 1 aromatic carbocycles. The van der Waals surface area contributed by atoms with Gasteiger partial charge in [0.25, 0.3) is 11.7 Å². The number of amides is 1. The maximum Gasteiger partial charge on any atom is 0.305 e. The number of hydrogen-bond donors (Lipinski definition) is 1. The minimum Gasteiger partial charge on any atom is -0.481 e. The lowest BCUT2D eigenvalue weighted by Gasteiger charge is -2.17. The number of nitrogens with zero attached hydrogens (tertiary/aromatic N) is 1. The van der Waals surface area contributed by atoms with Crippen LogP contribution in [0.25, 0.3) is 0 Å². The van der Waals surface area contributed by atoms with E-state index < -0.39 is 17.7 Å². The molecule has 88 valence electrons. The number of aryl methyl sites for hydroxylation is 1. The van der Waals surface area contributed by atoms with Gasteiger partial charge in [-0.25, -0.2) is 0 Å². The van der Waals surface area contributed by atoms with Gasteiger partial charge in [0.1, 0.15) is 0 Å². The van der Waals surface area contributed by atoms with Gasteiger partial charge in [-0.05, 0) is 18.6 Å². The molecule has 1 amide bonds. The monoisotopic (exact) mass is 233 g/mol. The number of benzene rings is 1. The Morgan fingerprint density at radius 2 is 2.06 bits per heavy atom. The second-order valence-electron chi connectivity index (χ2n) is 3.90. The summed E-state index contributed by atoms with van der Waals surface area (Å²) in [6, 6.07) is 5.09. The molecule has 0 fully saturated rings. The van der Waals surface area contributed by atoms with Crippen molar-refractivity contribution in [3.8, 4) is 0 Å². The van der Waals surface area contributed by atoms with Crippen LogP contribution in [0.15, 0.2) is 18.2 Å². The van der Waals surface area contributed by atoms with Crippen LogP contribution < -0.4 is 4.90 Å². The van der Waals surface area contributed by atoms with Crippen LogP contribution in [-0.4, -0.2) is 29.3 Å². The number of hydrogen-bond acceptors (Lipinski definition) is 3. The van der Waals surface area contributed by atoms with Crippen molar-refractivity contribution >= 4 is 23.3 Å². The second kappa shape index (κ2) is 4.01. The molecule has 0 radical (unpaired) electrons. The number of aliphatic carboxylic acids is 1. The lowest BCUT2D eigenvalue weighted by molar-refractivity contribution is -0.136. The Balaban J connectivity index is 2.40. The van der Waals surface area contributed by atoms with E-state index in [2.05, 4.69) is 0 Å². The van der Waals surface area contributed by atoms with Crippen molar-refractivity contribution in [1.29, 1.82) is 0 Å². The molecule has 0 aliphatic carbocycles. The number of Topliss-reactive ketones (excluding diaryl/α,β-unsaturated/α-hetero) is 1. The van der Waals surface area contributed by atoms with E-state index in [4.69, 9.17) is 5.11 Å². The normalized spacial score (nSPS) is 14.1. The van der Waals surface area contributed by atoms with E-state index in [0.29, 0.717) is 11.3 Å². The molecule has 1 aliphatic heterocycles. The maximum atomic E-state index is 11.7. The molecular formula is C12H11NO4. The summed E-state index contributed by atoms with van der Waals surface area (Å²) in [7, 11) is 0. The molecule has 0 spiro atoms. The third kappa shape index (κ3) is 1.80. The standard InChI is InChI=1S/C12H11NO4/c1-7-3-2-4-8-10(7)13(6-5-9(14)15)12(17)11(8)16/h2-4H,5-6H2,1H3,(H,14,15). The molecule has 0 atom stereocenters. The summed E-state index contributed by atoms with van der Waals surface area (Å²) in [4.78, 5) is 35.1. The van der Waals surface area contributed by atoms with Gasteiger partial charge in [0.2, 0.25) is 0 Å². The van der Waals surface area contributed by atoms with E-state index >= 15 is 0 Å². The molecule has 0 unspecified atom stereocenters. The number of carbonyl (C=O) groups excluding carboxylic acids is 2. The minimum atomic E-state index is -0.993. The maximum absolute atomic E-state index is 11.7. The van der Waals surface area contributed by atoms with Gasteiger partial charge in [-0.15, -0.1) is 0 Å². The Bertz CT molecular complexity index is 521. The average molecular weight is 233 g/mol. The highest BCUT2D eigenvalue weighted by Crippen LogP contribution is 2.32. The van der Waals surface area contributed by atoms with E-state index in [0.717, 1.165) is 5.56 Å². The number of carbonyl (C=O) groups is 3. The predicted octanol–water partition coefficient (Wildman–Crippen LogP) is 0.999. The van der Waals surface area contributed by atoms with Crippen LogP contribution in [0.2, 0.25) is 0 Å². The summed E-state index contributed by atoms with van der Waals surface area (Å²) in [5.41, 5.74) is 1.70. The van der Waals surface area contributed by atoms with Gasteiger partial charge >= 0.3 is 5.97 Å². The summed E-state index contributed by atoms with van der Waals surface area (Å²) < 4.78 is 0. The van der Waals surface area contributed by atoms with E-state index in [9.17, 15) is 14.4 Å². The lowest BCUT2D eigenvalue weighted by atomic mass is 10.1. The highest BCUT2D eigenvalue weighted by Gasteiger charge is 2.36. The van der Waals surface area contributed by atoms with Crippen molar-refractivity contribution in [1.82, 2.24) is 0 Å². The van der Waals surface area contributed by atoms with Crippen LogP contribution in [0.4, 0.5) is 5.69 Å². The highest BCUT2D eigenvalue weighted by molar-refractivity contribution is 6.52. The summed E-state index contributed by atoms with van der Waals surface area (Å²) in [5.74, 6) is -2.20. The first-order chi connectivity index (χ1) is 8.02. The number of ketones is 1. The number of rotatable bonds is 3. The third-order valence-electron chi connectivity index (χ3n) is 2.74. The van der Waals surface area contributed by atoms with E-state index in [-0.39, 0.29) is 13.0 Å². The number of fused-ring (bicyclic) bond motifs is 1. The molecule has 0 aromatic heterocycles. The van der Waals surface area contributed by atoms with Crippen LogP contribution in [0.3, 0.4) is 0 Å². The Morgan fingerprint density at radius 3 is 2.71 bits per heavy atom. The predicted molar refractivity (Wildman–Crippen MR) is 60.1 cm³/mol. The van der Waals surface area contributed by atoms with Gasteiger partial charge in [0.15, 0.2) is 0 Å². The van der Waals surface area contributed by atoms with E-state index in [1.807, 2.05) is 0 Å². The first kappa shape index (κ1) is 11.3. The zero-order valence-electron chi connectivity index (χ0n) is 9.27. The molecule has 5 heteroatoms. The Kier molecular flexibility index (Phi) is 2.67. The average Bonchev–Trinajstić information content (AvgIpc) is 2.52. The molecule has 2 rings (SSSR count). The molecule has 0 saturated carbocycles. The third-order valence-corrected chi connectivity index (χ3v) is 2.74. The van der Waals surface area contributed by atoms with Gasteiger partial charge in [0.05, 0.1) is 17.7 Å². The fraction of sp³-hybridized carbons (Fsp3) is 0.250. The Hall–Kier alpha value is -2.17. The summed E-state index contributed by atoms with van der Waals surface area (Å²) in [6.45, 7) is 1.82. The SMILES string of the molecule is Cc1cccc2c1N(CCC(=O)O)C(=O)C2=O. The van der Waals surface area contributed by atoms with Gasteiger partial charge in [-0.1, -0.05) is 12.1 Å². The molecule has 1 aromatic rings. The first-order valence-corrected chi connectivity index (χ1v) is 5.20. The van der Waals surface area contributed by atoms with Crippen LogP contribution in [0, 0.1) is 6.92 Å². The minimum absolute atomic E-state index is 0.0256. The van der Waals surface area contributed by atoms with Crippen LogP contribution in [0.5, 0.6) is 0 Å². The second-order valence-corrected chi connectivity index (χ2v) is 3.90. The molecule has 0 bridgehead atoms. The van der Waals surface area contributed by atoms with Gasteiger partial charge in [-0.2, -0.15) is 0 Å². The topological polar surface area (TPSA) is 74.7 Å². The zero-order valence-corrected chi connectivity index (χ0v) is 9.27. The van der Waals surface area contributed by atoms with Crippen molar-refractivity contribution < 1.29 is 19.5 Å². The van der Waals surface area contributed by atoms with E-state index in [1.165, 1.54) is 4.90 Å². The molecule has 1 heterocycles. The number of carboxylic acids is 1. The quantitative estimate of drug-likeness (QED) is 0.790. The van der Waals surface area contributed by atoms with Gasteiger partial charge < -0.3 is 10.0 Å². The molecule has 5 nitrogen and oxygen atoms in total. The fourth-order valence-corrected chi connectivity index (χ4v) is 1.96. The molecule has 1 aliphatic rings. The van der Waals surface area contributed by atoms with Crippen LogP contribution in [0.1, 0.15) is 22.3 Å². The van der Waals surface area contributed by atoms with Gasteiger partial charge in [-0.3, -0.25) is 14.4 Å². The Morgan fingerprint density at radius 1 is 1.35 bits per heavy atom. The van der Waals surface area contributed by atoms with Crippen molar-refractivity contribution in [2.24, 2.45) is 0 Å². The van der Waals surface area contributed by atoms with Crippen molar-refractivity contribution in [2.45, 2.75) is 13.3 Å². The first-order valence-electron chi connectivity index (χ1n) is 5.20. The van der Waals surface area contributed by atoms with Crippen LogP contribution in [-0.2, 0) is 9.59 Å². The molecular weight excluding hydrogens is 222 g/mol. The molecule has 17 heavy (non-hydrogen) atoms. The lowest BCUT2D eigenvalue weighted by Crippen LogP contribution is -2.32. The number of carboxylic acid groups (broad SMARTS) is 1. The fourth-order valence-electron chi connectivity index (χ4n) is 1.96. The van der Waals surface area contributed by atoms with Crippen LogP contribution >= 0.6 is 0 Å².